The van der Waals surface area contributed by atoms with Gasteiger partial charge >= 0.3 is 6.03 Å². The average Bonchev–Trinajstić information content (AvgIpc) is 2.50. The third-order valence-electron chi connectivity index (χ3n) is 3.62. The zero-order valence-electron chi connectivity index (χ0n) is 13.3. The summed E-state index contributed by atoms with van der Waals surface area (Å²) in [6, 6.07) is 13.6. The van der Waals surface area contributed by atoms with Crippen LogP contribution in [0.1, 0.15) is 22.3 Å². The molecule has 0 aliphatic rings. The molecule has 2 aromatic rings. The molecule has 0 fully saturated rings. The molecular formula is C18H22N2O2. The van der Waals surface area contributed by atoms with Gasteiger partial charge in [-0.1, -0.05) is 30.3 Å². The van der Waals surface area contributed by atoms with Gasteiger partial charge in [0, 0.05) is 19.3 Å². The van der Waals surface area contributed by atoms with Crippen LogP contribution in [-0.2, 0) is 17.9 Å². The first-order valence-corrected chi connectivity index (χ1v) is 7.28. The van der Waals surface area contributed by atoms with Gasteiger partial charge < -0.3 is 15.4 Å². The van der Waals surface area contributed by atoms with Crippen molar-refractivity contribution in [3.8, 4) is 0 Å². The first-order valence-electron chi connectivity index (χ1n) is 7.28. The molecule has 0 aliphatic heterocycles. The van der Waals surface area contributed by atoms with Gasteiger partial charge in [0.1, 0.15) is 0 Å². The topological polar surface area (TPSA) is 50.4 Å². The van der Waals surface area contributed by atoms with Crippen LogP contribution < -0.4 is 10.6 Å². The summed E-state index contributed by atoms with van der Waals surface area (Å²) in [4.78, 5) is 12.0. The second-order valence-electron chi connectivity index (χ2n) is 5.31. The summed E-state index contributed by atoms with van der Waals surface area (Å²) in [6.07, 6.45) is 0. The van der Waals surface area contributed by atoms with Crippen LogP contribution in [0.4, 0.5) is 10.5 Å². The van der Waals surface area contributed by atoms with Crippen molar-refractivity contribution in [1.82, 2.24) is 5.32 Å². The molecule has 4 nitrogen and oxygen atoms in total. The van der Waals surface area contributed by atoms with Crippen molar-refractivity contribution in [2.45, 2.75) is 27.0 Å². The second-order valence-corrected chi connectivity index (χ2v) is 5.31. The third-order valence-corrected chi connectivity index (χ3v) is 3.62. The van der Waals surface area contributed by atoms with E-state index in [4.69, 9.17) is 4.74 Å². The Balaban J connectivity index is 1.94. The van der Waals surface area contributed by atoms with Gasteiger partial charge in [0.25, 0.3) is 0 Å². The Labute approximate surface area is 131 Å². The maximum Gasteiger partial charge on any atom is 0.319 e. The van der Waals surface area contributed by atoms with E-state index < -0.39 is 0 Å². The van der Waals surface area contributed by atoms with Crippen LogP contribution in [0.2, 0.25) is 0 Å². The van der Waals surface area contributed by atoms with Gasteiger partial charge in [0.05, 0.1) is 6.61 Å². The Morgan fingerprint density at radius 3 is 2.45 bits per heavy atom. The molecular weight excluding hydrogens is 276 g/mol. The lowest BCUT2D eigenvalue weighted by atomic mass is 10.1. The van der Waals surface area contributed by atoms with E-state index in [0.29, 0.717) is 13.2 Å². The van der Waals surface area contributed by atoms with E-state index in [0.717, 1.165) is 22.4 Å². The van der Waals surface area contributed by atoms with E-state index >= 15 is 0 Å². The first-order chi connectivity index (χ1) is 10.6. The summed E-state index contributed by atoms with van der Waals surface area (Å²) >= 11 is 0. The Hall–Kier alpha value is -2.33. The Kier molecular flexibility index (Phi) is 5.55. The van der Waals surface area contributed by atoms with Gasteiger partial charge in [-0.25, -0.2) is 4.79 Å². The van der Waals surface area contributed by atoms with E-state index in [-0.39, 0.29) is 6.03 Å². The predicted molar refractivity (Wildman–Crippen MR) is 88.9 cm³/mol. The molecule has 2 N–H and O–H groups in total. The Bertz CT molecular complexity index is 653. The molecule has 0 saturated heterocycles. The summed E-state index contributed by atoms with van der Waals surface area (Å²) in [5.41, 5.74) is 5.30. The number of hydrogen-bond acceptors (Lipinski definition) is 2. The maximum atomic E-state index is 12.0. The van der Waals surface area contributed by atoms with E-state index in [1.54, 1.807) is 7.11 Å². The number of ether oxygens (including phenoxy) is 1. The molecule has 0 aromatic heterocycles. The van der Waals surface area contributed by atoms with Gasteiger partial charge in [0.2, 0.25) is 0 Å². The van der Waals surface area contributed by atoms with Crippen LogP contribution in [0.25, 0.3) is 0 Å². The molecule has 2 amide bonds. The highest BCUT2D eigenvalue weighted by Gasteiger charge is 2.05. The number of urea groups is 1. The number of carbonyl (C=O) groups excluding carboxylic acids is 1. The highest BCUT2D eigenvalue weighted by atomic mass is 16.5. The second kappa shape index (κ2) is 7.61. The molecule has 0 spiro atoms. The van der Waals surface area contributed by atoms with Crippen LogP contribution in [0.15, 0.2) is 42.5 Å². The van der Waals surface area contributed by atoms with Crippen LogP contribution in [-0.4, -0.2) is 13.1 Å². The number of amides is 2. The number of methoxy groups -OCH3 is 1. The minimum absolute atomic E-state index is 0.213. The number of carbonyl (C=O) groups is 1. The first kappa shape index (κ1) is 16.0. The largest absolute Gasteiger partial charge is 0.380 e. The van der Waals surface area contributed by atoms with Crippen molar-refractivity contribution in [2.75, 3.05) is 12.4 Å². The van der Waals surface area contributed by atoms with Crippen LogP contribution >= 0.6 is 0 Å². The molecule has 2 rings (SSSR count). The Morgan fingerprint density at radius 2 is 1.77 bits per heavy atom. The Morgan fingerprint density at radius 1 is 1.05 bits per heavy atom. The molecule has 0 saturated carbocycles. The summed E-state index contributed by atoms with van der Waals surface area (Å²) in [6.45, 7) is 5.08. The van der Waals surface area contributed by atoms with Gasteiger partial charge in [-0.05, 0) is 48.2 Å². The van der Waals surface area contributed by atoms with Crippen molar-refractivity contribution in [2.24, 2.45) is 0 Å². The summed E-state index contributed by atoms with van der Waals surface area (Å²) in [7, 11) is 1.66. The molecule has 116 valence electrons. The van der Waals surface area contributed by atoms with Gasteiger partial charge in [-0.2, -0.15) is 0 Å². The average molecular weight is 298 g/mol. The van der Waals surface area contributed by atoms with Crippen LogP contribution in [0, 0.1) is 13.8 Å². The highest BCUT2D eigenvalue weighted by Crippen LogP contribution is 2.14. The molecule has 0 heterocycles. The number of anilines is 1. The van der Waals surface area contributed by atoms with Gasteiger partial charge in [-0.15, -0.1) is 0 Å². The van der Waals surface area contributed by atoms with Crippen molar-refractivity contribution >= 4 is 11.7 Å². The fourth-order valence-corrected chi connectivity index (χ4v) is 2.20. The van der Waals surface area contributed by atoms with Crippen molar-refractivity contribution < 1.29 is 9.53 Å². The van der Waals surface area contributed by atoms with E-state index in [2.05, 4.69) is 10.6 Å². The fourth-order valence-electron chi connectivity index (χ4n) is 2.20. The van der Waals surface area contributed by atoms with E-state index in [1.165, 1.54) is 5.56 Å². The lowest BCUT2D eigenvalue weighted by Gasteiger charge is -2.11. The lowest BCUT2D eigenvalue weighted by Crippen LogP contribution is -2.28. The summed E-state index contributed by atoms with van der Waals surface area (Å²) < 4.78 is 5.17. The van der Waals surface area contributed by atoms with Crippen molar-refractivity contribution in [3.63, 3.8) is 0 Å². The molecule has 0 radical (unpaired) electrons. The van der Waals surface area contributed by atoms with Crippen LogP contribution in [0.3, 0.4) is 0 Å². The minimum atomic E-state index is -0.213. The smallest absolute Gasteiger partial charge is 0.319 e. The highest BCUT2D eigenvalue weighted by molar-refractivity contribution is 5.89. The molecule has 0 aliphatic carbocycles. The minimum Gasteiger partial charge on any atom is -0.380 e. The zero-order valence-corrected chi connectivity index (χ0v) is 13.3. The lowest BCUT2D eigenvalue weighted by molar-refractivity contribution is 0.184. The quantitative estimate of drug-likeness (QED) is 0.882. The number of hydrogen-bond donors (Lipinski definition) is 2. The summed E-state index contributed by atoms with van der Waals surface area (Å²) in [5.74, 6) is 0. The molecule has 0 unspecified atom stereocenters. The number of aryl methyl sites for hydroxylation is 2. The summed E-state index contributed by atoms with van der Waals surface area (Å²) in [5, 5.41) is 5.73. The number of nitrogens with one attached hydrogen (secondary N) is 2. The maximum absolute atomic E-state index is 12.0. The molecule has 22 heavy (non-hydrogen) atoms. The van der Waals surface area contributed by atoms with Gasteiger partial charge in [-0.3, -0.25) is 0 Å². The van der Waals surface area contributed by atoms with E-state index in [1.807, 2.05) is 56.3 Å². The standard InChI is InChI=1S/C18H22N2O2/c1-13-8-9-17(10-14(13)2)20-18(21)19-11-15-6-4-5-7-16(15)12-22-3/h4-10H,11-12H2,1-3H3,(H2,19,20,21). The number of benzene rings is 2. The van der Waals surface area contributed by atoms with Crippen molar-refractivity contribution in [1.29, 1.82) is 0 Å². The third kappa shape index (κ3) is 4.33. The van der Waals surface area contributed by atoms with Crippen LogP contribution in [0.5, 0.6) is 0 Å². The normalized spacial score (nSPS) is 10.3. The van der Waals surface area contributed by atoms with E-state index in [9.17, 15) is 4.79 Å². The molecule has 4 heteroatoms. The predicted octanol–water partition coefficient (Wildman–Crippen LogP) is 3.77. The molecule has 2 aromatic carbocycles. The van der Waals surface area contributed by atoms with Gasteiger partial charge in [0.15, 0.2) is 0 Å². The van der Waals surface area contributed by atoms with Crippen molar-refractivity contribution in [3.05, 3.63) is 64.7 Å². The molecule has 0 bridgehead atoms. The SMILES string of the molecule is COCc1ccccc1CNC(=O)Nc1ccc(C)c(C)c1. The fraction of sp³-hybridized carbons (Fsp3) is 0.278. The number of rotatable bonds is 5. The molecule has 0 atom stereocenters. The zero-order chi connectivity index (χ0) is 15.9. The monoisotopic (exact) mass is 298 g/mol.